The van der Waals surface area contributed by atoms with Crippen molar-refractivity contribution in [2.24, 2.45) is 4.99 Å². The van der Waals surface area contributed by atoms with Crippen molar-refractivity contribution < 1.29 is 8.78 Å². The van der Waals surface area contributed by atoms with Crippen LogP contribution in [0.4, 0.5) is 8.78 Å². The number of hydrogen-bond acceptors (Lipinski definition) is 2. The maximum Gasteiger partial charge on any atom is 0.192 e. The maximum absolute atomic E-state index is 13.6. The second-order valence-corrected chi connectivity index (χ2v) is 5.79. The van der Waals surface area contributed by atoms with Gasteiger partial charge in [0.2, 0.25) is 0 Å². The van der Waals surface area contributed by atoms with Gasteiger partial charge >= 0.3 is 0 Å². The van der Waals surface area contributed by atoms with E-state index in [0.29, 0.717) is 12.5 Å². The second-order valence-electron chi connectivity index (χ2n) is 4.81. The first-order chi connectivity index (χ1) is 10.6. The lowest BCUT2D eigenvalue weighted by atomic mass is 10.2. The highest BCUT2D eigenvalue weighted by Gasteiger charge is 2.09. The van der Waals surface area contributed by atoms with Crippen LogP contribution >= 0.6 is 35.3 Å². The molecule has 0 spiro atoms. The number of thiophene rings is 1. The van der Waals surface area contributed by atoms with Gasteiger partial charge in [0.15, 0.2) is 5.96 Å². The zero-order chi connectivity index (χ0) is 15.9. The fraction of sp³-hybridized carbons (Fsp3) is 0.312. The van der Waals surface area contributed by atoms with E-state index in [1.54, 1.807) is 11.3 Å². The monoisotopic (exact) mass is 451 g/mol. The highest BCUT2D eigenvalue weighted by molar-refractivity contribution is 14.0. The number of rotatable bonds is 5. The Morgan fingerprint density at radius 1 is 1.30 bits per heavy atom. The Kier molecular flexibility index (Phi) is 8.46. The standard InChI is InChI=1S/C16H19F2N3S.HI/c1-3-19-16(21-11(2)15-5-4-8-22-15)20-10-12-9-13(17)6-7-14(12)18;/h4-9,11H,3,10H2,1-2H3,(H2,19,20,21);1H. The van der Waals surface area contributed by atoms with Gasteiger partial charge in [0, 0.05) is 17.0 Å². The summed E-state index contributed by atoms with van der Waals surface area (Å²) < 4.78 is 26.8. The summed E-state index contributed by atoms with van der Waals surface area (Å²) in [5.74, 6) is -0.337. The number of nitrogens with one attached hydrogen (secondary N) is 2. The third-order valence-electron chi connectivity index (χ3n) is 3.08. The molecule has 0 bridgehead atoms. The molecule has 2 N–H and O–H groups in total. The normalized spacial score (nSPS) is 12.4. The van der Waals surface area contributed by atoms with E-state index in [2.05, 4.69) is 15.6 Å². The van der Waals surface area contributed by atoms with Gasteiger partial charge in [-0.2, -0.15) is 0 Å². The molecule has 0 fully saturated rings. The summed E-state index contributed by atoms with van der Waals surface area (Å²) in [6, 6.07) is 7.52. The van der Waals surface area contributed by atoms with Crippen molar-refractivity contribution in [1.82, 2.24) is 10.6 Å². The SMILES string of the molecule is CCNC(=NCc1cc(F)ccc1F)NC(C)c1cccs1.I. The van der Waals surface area contributed by atoms with E-state index in [1.165, 1.54) is 10.9 Å². The van der Waals surface area contributed by atoms with Gasteiger partial charge in [0.25, 0.3) is 0 Å². The Balaban J connectivity index is 0.00000264. The van der Waals surface area contributed by atoms with E-state index in [1.807, 2.05) is 31.4 Å². The zero-order valence-corrected chi connectivity index (χ0v) is 16.1. The van der Waals surface area contributed by atoms with Crippen LogP contribution < -0.4 is 10.6 Å². The van der Waals surface area contributed by atoms with Crippen LogP contribution in [0.1, 0.15) is 30.3 Å². The van der Waals surface area contributed by atoms with Gasteiger partial charge in [-0.05, 0) is 43.5 Å². The first-order valence-electron chi connectivity index (χ1n) is 7.12. The molecule has 1 unspecified atom stereocenters. The van der Waals surface area contributed by atoms with E-state index in [0.717, 1.165) is 12.1 Å². The van der Waals surface area contributed by atoms with Crippen LogP contribution in [0.5, 0.6) is 0 Å². The smallest absolute Gasteiger partial charge is 0.192 e. The summed E-state index contributed by atoms with van der Waals surface area (Å²) in [4.78, 5) is 5.51. The van der Waals surface area contributed by atoms with Crippen LogP contribution in [-0.4, -0.2) is 12.5 Å². The Bertz CT molecular complexity index is 632. The predicted octanol–water partition coefficient (Wildman–Crippen LogP) is 4.46. The second kappa shape index (κ2) is 9.82. The van der Waals surface area contributed by atoms with Crippen LogP contribution in [0.15, 0.2) is 40.7 Å². The molecule has 1 aromatic carbocycles. The molecule has 1 aromatic heterocycles. The molecule has 23 heavy (non-hydrogen) atoms. The summed E-state index contributed by atoms with van der Waals surface area (Å²) in [5, 5.41) is 8.38. The lowest BCUT2D eigenvalue weighted by molar-refractivity contribution is 0.585. The summed E-state index contributed by atoms with van der Waals surface area (Å²) in [6.45, 7) is 4.75. The first kappa shape index (κ1) is 19.8. The van der Waals surface area contributed by atoms with Crippen LogP contribution in [0.3, 0.4) is 0 Å². The van der Waals surface area contributed by atoms with Gasteiger partial charge in [-0.1, -0.05) is 6.07 Å². The molecule has 2 aromatic rings. The average molecular weight is 451 g/mol. The highest BCUT2D eigenvalue weighted by atomic mass is 127. The van der Waals surface area contributed by atoms with Crippen LogP contribution in [0.2, 0.25) is 0 Å². The van der Waals surface area contributed by atoms with Crippen molar-refractivity contribution in [1.29, 1.82) is 0 Å². The molecule has 7 heteroatoms. The number of guanidine groups is 1. The van der Waals surface area contributed by atoms with E-state index >= 15 is 0 Å². The molecular weight excluding hydrogens is 431 g/mol. The Labute approximate surface area is 156 Å². The van der Waals surface area contributed by atoms with Gasteiger partial charge in [-0.15, -0.1) is 35.3 Å². The minimum absolute atomic E-state index is 0. The van der Waals surface area contributed by atoms with Gasteiger partial charge in [0.05, 0.1) is 12.6 Å². The van der Waals surface area contributed by atoms with Gasteiger partial charge in [-0.25, -0.2) is 13.8 Å². The molecule has 0 saturated carbocycles. The van der Waals surface area contributed by atoms with Gasteiger partial charge < -0.3 is 10.6 Å². The van der Waals surface area contributed by atoms with E-state index in [4.69, 9.17) is 0 Å². The Morgan fingerprint density at radius 3 is 2.74 bits per heavy atom. The molecule has 0 aliphatic rings. The predicted molar refractivity (Wildman–Crippen MR) is 102 cm³/mol. The number of nitrogens with zero attached hydrogens (tertiary/aromatic N) is 1. The molecule has 0 aliphatic carbocycles. The molecule has 0 amide bonds. The number of hydrogen-bond donors (Lipinski definition) is 2. The number of aliphatic imine (C=N–C) groups is 1. The molecule has 126 valence electrons. The fourth-order valence-electron chi connectivity index (χ4n) is 1.96. The van der Waals surface area contributed by atoms with Crippen LogP contribution in [-0.2, 0) is 6.54 Å². The minimum atomic E-state index is -0.462. The topological polar surface area (TPSA) is 36.4 Å². The van der Waals surface area contributed by atoms with Gasteiger partial charge in [-0.3, -0.25) is 0 Å². The molecule has 0 saturated heterocycles. The van der Waals surface area contributed by atoms with Crippen molar-refractivity contribution in [3.63, 3.8) is 0 Å². The summed E-state index contributed by atoms with van der Waals surface area (Å²) >= 11 is 1.66. The van der Waals surface area contributed by atoms with Crippen LogP contribution in [0, 0.1) is 11.6 Å². The third kappa shape index (κ3) is 6.06. The van der Waals surface area contributed by atoms with Crippen molar-refractivity contribution in [3.8, 4) is 0 Å². The van der Waals surface area contributed by atoms with E-state index in [-0.39, 0.29) is 42.1 Å². The zero-order valence-electron chi connectivity index (χ0n) is 13.0. The fourth-order valence-corrected chi connectivity index (χ4v) is 2.70. The largest absolute Gasteiger partial charge is 0.357 e. The molecule has 1 atom stereocenters. The number of benzene rings is 1. The third-order valence-corrected chi connectivity index (χ3v) is 4.14. The van der Waals surface area contributed by atoms with Crippen molar-refractivity contribution in [2.45, 2.75) is 26.4 Å². The average Bonchev–Trinajstić information content (AvgIpc) is 3.02. The Hall–Kier alpha value is -1.22. The van der Waals surface area contributed by atoms with Crippen LogP contribution in [0.25, 0.3) is 0 Å². The molecule has 1 heterocycles. The van der Waals surface area contributed by atoms with Gasteiger partial charge in [0.1, 0.15) is 11.6 Å². The maximum atomic E-state index is 13.6. The molecule has 2 rings (SSSR count). The van der Waals surface area contributed by atoms with Crippen molar-refractivity contribution in [2.75, 3.05) is 6.54 Å². The van der Waals surface area contributed by atoms with E-state index < -0.39 is 11.6 Å². The minimum Gasteiger partial charge on any atom is -0.357 e. The van der Waals surface area contributed by atoms with Crippen molar-refractivity contribution in [3.05, 3.63) is 57.8 Å². The molecule has 0 aliphatic heterocycles. The molecular formula is C16H20F2IN3S. The summed E-state index contributed by atoms with van der Waals surface area (Å²) in [6.07, 6.45) is 0. The molecule has 3 nitrogen and oxygen atoms in total. The summed E-state index contributed by atoms with van der Waals surface area (Å²) in [5.41, 5.74) is 0.237. The summed E-state index contributed by atoms with van der Waals surface area (Å²) in [7, 11) is 0. The Morgan fingerprint density at radius 2 is 2.09 bits per heavy atom. The highest BCUT2D eigenvalue weighted by Crippen LogP contribution is 2.18. The lowest BCUT2D eigenvalue weighted by Crippen LogP contribution is -2.38. The van der Waals surface area contributed by atoms with E-state index in [9.17, 15) is 8.78 Å². The quantitative estimate of drug-likeness (QED) is 0.400. The number of halogens is 3. The lowest BCUT2D eigenvalue weighted by Gasteiger charge is -2.16. The molecule has 0 radical (unpaired) electrons. The first-order valence-corrected chi connectivity index (χ1v) is 8.00. The van der Waals surface area contributed by atoms with Crippen molar-refractivity contribution >= 4 is 41.3 Å².